The van der Waals surface area contributed by atoms with E-state index in [-0.39, 0.29) is 5.60 Å². The summed E-state index contributed by atoms with van der Waals surface area (Å²) in [7, 11) is 2.14. The maximum absolute atomic E-state index is 11.2. The van der Waals surface area contributed by atoms with Crippen LogP contribution in [0, 0.1) is 31.6 Å². The third kappa shape index (κ3) is 9.54. The molecule has 0 saturated heterocycles. The SMILES string of the molecule is Cc1c(C)c2c(c(CN(C)Cc3ccccc3)c1O)CCC(C)(CCCC(C)CCCC(C)CCCC(C)C)O2. The van der Waals surface area contributed by atoms with E-state index in [2.05, 4.69) is 83.8 Å². The molecule has 0 amide bonds. The second-order valence-electron chi connectivity index (χ2n) is 14.0. The van der Waals surface area contributed by atoms with Crippen LogP contribution in [0.25, 0.3) is 0 Å². The molecule has 40 heavy (non-hydrogen) atoms. The Hall–Kier alpha value is -2.00. The van der Waals surface area contributed by atoms with Crippen molar-refractivity contribution in [3.8, 4) is 11.5 Å². The molecule has 0 aliphatic carbocycles. The van der Waals surface area contributed by atoms with E-state index < -0.39 is 0 Å². The third-order valence-corrected chi connectivity index (χ3v) is 9.43. The van der Waals surface area contributed by atoms with Gasteiger partial charge in [0.2, 0.25) is 0 Å². The lowest BCUT2D eigenvalue weighted by Gasteiger charge is -2.39. The summed E-state index contributed by atoms with van der Waals surface area (Å²) < 4.78 is 6.85. The fourth-order valence-electron chi connectivity index (χ4n) is 6.54. The van der Waals surface area contributed by atoms with E-state index in [0.717, 1.165) is 72.5 Å². The molecule has 1 N–H and O–H groups in total. The van der Waals surface area contributed by atoms with Crippen LogP contribution in [0.1, 0.15) is 127 Å². The van der Waals surface area contributed by atoms with Gasteiger partial charge in [-0.05, 0) is 87.9 Å². The molecule has 224 valence electrons. The molecule has 2 aromatic rings. The monoisotopic (exact) mass is 549 g/mol. The second-order valence-corrected chi connectivity index (χ2v) is 14.0. The van der Waals surface area contributed by atoms with Crippen molar-refractivity contribution in [2.24, 2.45) is 17.8 Å². The number of ether oxygens (including phenoxy) is 1. The van der Waals surface area contributed by atoms with E-state index in [0.29, 0.717) is 5.75 Å². The van der Waals surface area contributed by atoms with Gasteiger partial charge in [0.25, 0.3) is 0 Å². The lowest BCUT2D eigenvalue weighted by molar-refractivity contribution is 0.0508. The zero-order valence-electron chi connectivity index (χ0n) is 27.1. The first-order chi connectivity index (χ1) is 19.0. The quantitative estimate of drug-likeness (QED) is 0.226. The number of hydrogen-bond acceptors (Lipinski definition) is 3. The van der Waals surface area contributed by atoms with E-state index in [1.165, 1.54) is 62.5 Å². The normalized spacial score (nSPS) is 18.6. The average molecular weight is 550 g/mol. The van der Waals surface area contributed by atoms with Crippen molar-refractivity contribution in [2.75, 3.05) is 7.05 Å². The van der Waals surface area contributed by atoms with E-state index in [4.69, 9.17) is 4.74 Å². The molecule has 3 rings (SSSR count). The highest BCUT2D eigenvalue weighted by atomic mass is 16.5. The fraction of sp³-hybridized carbons (Fsp3) is 0.676. The highest BCUT2D eigenvalue weighted by Gasteiger charge is 2.35. The Morgan fingerprint density at radius 1 is 0.850 bits per heavy atom. The summed E-state index contributed by atoms with van der Waals surface area (Å²) in [4.78, 5) is 2.29. The molecule has 2 aromatic carbocycles. The number of benzene rings is 2. The Kier molecular flexibility index (Phi) is 12.4. The lowest BCUT2D eigenvalue weighted by atomic mass is 9.83. The predicted molar refractivity (Wildman–Crippen MR) is 171 cm³/mol. The molecular weight excluding hydrogens is 490 g/mol. The minimum atomic E-state index is -0.126. The van der Waals surface area contributed by atoms with Gasteiger partial charge in [-0.2, -0.15) is 0 Å². The lowest BCUT2D eigenvalue weighted by Crippen LogP contribution is -2.37. The minimum Gasteiger partial charge on any atom is -0.507 e. The van der Waals surface area contributed by atoms with E-state index in [9.17, 15) is 5.11 Å². The smallest absolute Gasteiger partial charge is 0.127 e. The van der Waals surface area contributed by atoms with Gasteiger partial charge in [-0.15, -0.1) is 0 Å². The summed E-state index contributed by atoms with van der Waals surface area (Å²) in [5.74, 6) is 3.98. The summed E-state index contributed by atoms with van der Waals surface area (Å²) in [6.45, 7) is 17.6. The summed E-state index contributed by atoms with van der Waals surface area (Å²) >= 11 is 0. The Balaban J connectivity index is 1.52. The van der Waals surface area contributed by atoms with E-state index in [1.54, 1.807) is 0 Å². The first-order valence-electron chi connectivity index (χ1n) is 16.2. The first-order valence-corrected chi connectivity index (χ1v) is 16.2. The summed E-state index contributed by atoms with van der Waals surface area (Å²) in [6, 6.07) is 10.6. The summed E-state index contributed by atoms with van der Waals surface area (Å²) in [5.41, 5.74) is 5.48. The number of nitrogens with zero attached hydrogens (tertiary/aromatic N) is 1. The van der Waals surface area contributed by atoms with Crippen molar-refractivity contribution in [2.45, 2.75) is 138 Å². The molecule has 1 heterocycles. The van der Waals surface area contributed by atoms with Gasteiger partial charge in [-0.3, -0.25) is 4.90 Å². The van der Waals surface area contributed by atoms with Gasteiger partial charge in [0.15, 0.2) is 0 Å². The number of phenolic OH excluding ortho intramolecular Hbond substituents is 1. The first kappa shape index (κ1) is 32.5. The molecule has 3 heteroatoms. The molecule has 0 saturated carbocycles. The molecule has 0 fully saturated rings. The highest BCUT2D eigenvalue weighted by Crippen LogP contribution is 2.45. The topological polar surface area (TPSA) is 32.7 Å². The van der Waals surface area contributed by atoms with E-state index >= 15 is 0 Å². The summed E-state index contributed by atoms with van der Waals surface area (Å²) in [6.07, 6.45) is 13.9. The molecular formula is C37H59NO2. The van der Waals surface area contributed by atoms with Crippen LogP contribution in [0.5, 0.6) is 11.5 Å². The van der Waals surface area contributed by atoms with Crippen LogP contribution in [0.2, 0.25) is 0 Å². The van der Waals surface area contributed by atoms with Crippen molar-refractivity contribution >= 4 is 0 Å². The predicted octanol–water partition coefficient (Wildman–Crippen LogP) is 10.2. The largest absolute Gasteiger partial charge is 0.507 e. The Morgan fingerprint density at radius 3 is 2.08 bits per heavy atom. The highest BCUT2D eigenvalue weighted by molar-refractivity contribution is 5.59. The van der Waals surface area contributed by atoms with Gasteiger partial charge in [0.05, 0.1) is 0 Å². The van der Waals surface area contributed by atoms with Crippen LogP contribution in [0.4, 0.5) is 0 Å². The number of hydrogen-bond donors (Lipinski definition) is 1. The number of aromatic hydroxyl groups is 1. The van der Waals surface area contributed by atoms with Gasteiger partial charge < -0.3 is 9.84 Å². The maximum Gasteiger partial charge on any atom is 0.127 e. The zero-order chi connectivity index (χ0) is 29.3. The molecule has 3 nitrogen and oxygen atoms in total. The van der Waals surface area contributed by atoms with Crippen LogP contribution >= 0.6 is 0 Å². The van der Waals surface area contributed by atoms with Crippen LogP contribution in [-0.2, 0) is 19.5 Å². The van der Waals surface area contributed by atoms with Gasteiger partial charge in [0, 0.05) is 24.2 Å². The Labute approximate surface area is 246 Å². The second kappa shape index (κ2) is 15.3. The molecule has 3 atom stereocenters. The number of fused-ring (bicyclic) bond motifs is 1. The standard InChI is InChI=1S/C37H59NO2/c1-27(2)15-12-16-28(3)17-13-18-29(4)19-14-23-37(7)24-22-33-34(35(39)30(5)31(6)36(33)40-37)26-38(8)25-32-20-10-9-11-21-32/h9-11,20-21,27-29,39H,12-19,22-26H2,1-8H3. The van der Waals surface area contributed by atoms with Gasteiger partial charge >= 0.3 is 0 Å². The molecule has 3 unspecified atom stereocenters. The van der Waals surface area contributed by atoms with Crippen LogP contribution in [0.3, 0.4) is 0 Å². The maximum atomic E-state index is 11.2. The van der Waals surface area contributed by atoms with Crippen LogP contribution in [-0.4, -0.2) is 22.7 Å². The number of phenols is 1. The fourth-order valence-corrected chi connectivity index (χ4v) is 6.54. The third-order valence-electron chi connectivity index (χ3n) is 9.43. The van der Waals surface area contributed by atoms with Crippen molar-refractivity contribution in [3.05, 3.63) is 58.1 Å². The molecule has 1 aliphatic heterocycles. The average Bonchev–Trinajstić information content (AvgIpc) is 2.90. The van der Waals surface area contributed by atoms with Crippen molar-refractivity contribution in [1.29, 1.82) is 0 Å². The zero-order valence-corrected chi connectivity index (χ0v) is 27.1. The van der Waals surface area contributed by atoms with Crippen molar-refractivity contribution < 1.29 is 9.84 Å². The van der Waals surface area contributed by atoms with E-state index in [1.807, 2.05) is 6.92 Å². The van der Waals surface area contributed by atoms with Gasteiger partial charge in [-0.25, -0.2) is 0 Å². The molecule has 1 aliphatic rings. The van der Waals surface area contributed by atoms with Gasteiger partial charge in [-0.1, -0.05) is 103 Å². The van der Waals surface area contributed by atoms with Gasteiger partial charge in [0.1, 0.15) is 17.1 Å². The summed E-state index contributed by atoms with van der Waals surface area (Å²) in [5, 5.41) is 11.2. The molecule has 0 bridgehead atoms. The molecule has 0 radical (unpaired) electrons. The Bertz CT molecular complexity index is 1050. The van der Waals surface area contributed by atoms with Crippen molar-refractivity contribution in [1.82, 2.24) is 4.90 Å². The van der Waals surface area contributed by atoms with Crippen molar-refractivity contribution in [3.63, 3.8) is 0 Å². The number of rotatable bonds is 16. The van der Waals surface area contributed by atoms with Crippen LogP contribution < -0.4 is 4.74 Å². The Morgan fingerprint density at radius 2 is 1.45 bits per heavy atom. The molecule has 0 aromatic heterocycles. The molecule has 0 spiro atoms. The van der Waals surface area contributed by atoms with Crippen LogP contribution in [0.15, 0.2) is 30.3 Å². The minimum absolute atomic E-state index is 0.126.